The Labute approximate surface area is 94.3 Å². The molecule has 15 heavy (non-hydrogen) atoms. The van der Waals surface area contributed by atoms with Gasteiger partial charge in [0.25, 0.3) is 5.19 Å². The van der Waals surface area contributed by atoms with Gasteiger partial charge in [-0.2, -0.15) is 0 Å². The first kappa shape index (κ1) is 10.3. The summed E-state index contributed by atoms with van der Waals surface area (Å²) in [6.07, 6.45) is 3.03. The number of pyridine rings is 1. The van der Waals surface area contributed by atoms with Crippen molar-refractivity contribution in [2.45, 2.75) is 6.61 Å². The van der Waals surface area contributed by atoms with Gasteiger partial charge in [0.2, 0.25) is 0 Å². The Kier molecular flexibility index (Phi) is 3.10. The molecule has 5 nitrogen and oxygen atoms in total. The van der Waals surface area contributed by atoms with E-state index in [0.717, 1.165) is 0 Å². The highest BCUT2D eigenvalue weighted by Gasteiger charge is 2.05. The van der Waals surface area contributed by atoms with Crippen molar-refractivity contribution < 1.29 is 9.84 Å². The minimum atomic E-state index is -0.144. The molecule has 0 aliphatic carbocycles. The molecule has 0 radical (unpaired) electrons. The van der Waals surface area contributed by atoms with Crippen LogP contribution in [0.5, 0.6) is 10.9 Å². The first-order chi connectivity index (χ1) is 7.28. The fourth-order valence-corrected chi connectivity index (χ4v) is 1.62. The SMILES string of the molecule is OCc1nnc(Oc2cncc(Cl)c2)s1. The number of aliphatic hydroxyl groups is 1. The summed E-state index contributed by atoms with van der Waals surface area (Å²) in [5.74, 6) is 0.489. The summed E-state index contributed by atoms with van der Waals surface area (Å²) in [5.41, 5.74) is 0. The largest absolute Gasteiger partial charge is 0.428 e. The summed E-state index contributed by atoms with van der Waals surface area (Å²) in [4.78, 5) is 3.86. The van der Waals surface area contributed by atoms with Crippen LogP contribution in [0, 0.1) is 0 Å². The first-order valence-electron chi connectivity index (χ1n) is 3.99. The predicted octanol–water partition coefficient (Wildman–Crippen LogP) is 1.87. The highest BCUT2D eigenvalue weighted by Crippen LogP contribution is 2.25. The summed E-state index contributed by atoms with van der Waals surface area (Å²) in [5, 5.41) is 17.5. The molecule has 0 aliphatic rings. The summed E-state index contributed by atoms with van der Waals surface area (Å²) in [7, 11) is 0. The number of aromatic nitrogens is 3. The lowest BCUT2D eigenvalue weighted by atomic mass is 10.5. The lowest BCUT2D eigenvalue weighted by molar-refractivity contribution is 0.280. The fourth-order valence-electron chi connectivity index (χ4n) is 0.892. The Morgan fingerprint density at radius 2 is 2.27 bits per heavy atom. The Balaban J connectivity index is 2.14. The zero-order valence-corrected chi connectivity index (χ0v) is 8.99. The maximum absolute atomic E-state index is 8.78. The smallest absolute Gasteiger partial charge is 0.299 e. The van der Waals surface area contributed by atoms with Crippen molar-refractivity contribution in [2.75, 3.05) is 0 Å². The van der Waals surface area contributed by atoms with Crippen LogP contribution >= 0.6 is 22.9 Å². The quantitative estimate of drug-likeness (QED) is 0.891. The zero-order valence-electron chi connectivity index (χ0n) is 7.42. The molecular formula is C8H6ClN3O2S. The number of hydrogen-bond acceptors (Lipinski definition) is 6. The maximum atomic E-state index is 8.78. The molecule has 1 N–H and O–H groups in total. The Morgan fingerprint density at radius 1 is 1.40 bits per heavy atom. The van der Waals surface area contributed by atoms with Gasteiger partial charge in [-0.25, -0.2) is 0 Å². The van der Waals surface area contributed by atoms with E-state index in [1.54, 1.807) is 6.07 Å². The van der Waals surface area contributed by atoms with Crippen LogP contribution in [0.15, 0.2) is 18.5 Å². The van der Waals surface area contributed by atoms with E-state index >= 15 is 0 Å². The van der Waals surface area contributed by atoms with Gasteiger partial charge in [-0.15, -0.1) is 5.10 Å². The maximum Gasteiger partial charge on any atom is 0.299 e. The molecular weight excluding hydrogens is 238 g/mol. The fraction of sp³-hybridized carbons (Fsp3) is 0.125. The molecule has 0 atom stereocenters. The van der Waals surface area contributed by atoms with Crippen molar-refractivity contribution in [2.24, 2.45) is 0 Å². The average molecular weight is 244 g/mol. The molecule has 0 saturated carbocycles. The molecule has 2 aromatic heterocycles. The second-order valence-electron chi connectivity index (χ2n) is 2.56. The minimum absolute atomic E-state index is 0.144. The van der Waals surface area contributed by atoms with Crippen LogP contribution in [-0.2, 0) is 6.61 Å². The van der Waals surface area contributed by atoms with Crippen LogP contribution in [0.3, 0.4) is 0 Å². The van der Waals surface area contributed by atoms with E-state index in [2.05, 4.69) is 15.2 Å². The van der Waals surface area contributed by atoms with Crippen molar-refractivity contribution >= 4 is 22.9 Å². The molecule has 0 spiro atoms. The minimum Gasteiger partial charge on any atom is -0.428 e. The van der Waals surface area contributed by atoms with E-state index in [1.807, 2.05) is 0 Å². The topological polar surface area (TPSA) is 68.1 Å². The third-order valence-electron chi connectivity index (χ3n) is 1.47. The molecule has 0 aliphatic heterocycles. The standard InChI is InChI=1S/C8H6ClN3O2S/c9-5-1-6(3-10-2-5)14-8-12-11-7(4-13)15-8/h1-3,13H,4H2. The highest BCUT2D eigenvalue weighted by atomic mass is 35.5. The van der Waals surface area contributed by atoms with Crippen molar-refractivity contribution in [1.82, 2.24) is 15.2 Å². The molecule has 0 amide bonds. The molecule has 2 aromatic rings. The normalized spacial score (nSPS) is 10.3. The number of hydrogen-bond donors (Lipinski definition) is 1. The molecule has 0 saturated heterocycles. The second kappa shape index (κ2) is 4.52. The second-order valence-corrected chi connectivity index (χ2v) is 4.02. The Hall–Kier alpha value is -1.24. The van der Waals surface area contributed by atoms with Crippen LogP contribution in [0.2, 0.25) is 5.02 Å². The number of halogens is 1. The van der Waals surface area contributed by atoms with Gasteiger partial charge in [0, 0.05) is 12.3 Å². The summed E-state index contributed by atoms with van der Waals surface area (Å²) in [6.45, 7) is -0.144. The van der Waals surface area contributed by atoms with E-state index in [9.17, 15) is 0 Å². The van der Waals surface area contributed by atoms with Crippen molar-refractivity contribution in [3.05, 3.63) is 28.5 Å². The van der Waals surface area contributed by atoms with Crippen LogP contribution in [0.4, 0.5) is 0 Å². The number of ether oxygens (including phenoxy) is 1. The predicted molar refractivity (Wildman–Crippen MR) is 55.2 cm³/mol. The van der Waals surface area contributed by atoms with E-state index in [4.69, 9.17) is 21.4 Å². The van der Waals surface area contributed by atoms with Gasteiger partial charge in [-0.1, -0.05) is 28.0 Å². The molecule has 0 fully saturated rings. The van der Waals surface area contributed by atoms with E-state index in [1.165, 1.54) is 23.7 Å². The third kappa shape index (κ3) is 2.62. The monoisotopic (exact) mass is 243 g/mol. The van der Waals surface area contributed by atoms with Crippen LogP contribution in [0.25, 0.3) is 0 Å². The zero-order chi connectivity index (χ0) is 10.7. The molecule has 7 heteroatoms. The summed E-state index contributed by atoms with van der Waals surface area (Å²) >= 11 is 6.90. The Morgan fingerprint density at radius 3 is 2.93 bits per heavy atom. The van der Waals surface area contributed by atoms with Crippen molar-refractivity contribution in [1.29, 1.82) is 0 Å². The van der Waals surface area contributed by atoms with E-state index in [-0.39, 0.29) is 6.61 Å². The average Bonchev–Trinajstić information content (AvgIpc) is 2.65. The van der Waals surface area contributed by atoms with Crippen LogP contribution in [-0.4, -0.2) is 20.3 Å². The van der Waals surface area contributed by atoms with Gasteiger partial charge in [0.1, 0.15) is 10.8 Å². The lowest BCUT2D eigenvalue weighted by Gasteiger charge is -1.99. The molecule has 78 valence electrons. The van der Waals surface area contributed by atoms with Gasteiger partial charge < -0.3 is 9.84 Å². The summed E-state index contributed by atoms with van der Waals surface area (Å²) in [6, 6.07) is 1.62. The molecule has 0 unspecified atom stereocenters. The van der Waals surface area contributed by atoms with Crippen molar-refractivity contribution in [3.63, 3.8) is 0 Å². The molecule has 0 aromatic carbocycles. The van der Waals surface area contributed by atoms with Crippen molar-refractivity contribution in [3.8, 4) is 10.9 Å². The van der Waals surface area contributed by atoms with Crippen LogP contribution in [0.1, 0.15) is 5.01 Å². The van der Waals surface area contributed by atoms with Crippen LogP contribution < -0.4 is 4.74 Å². The van der Waals surface area contributed by atoms with Gasteiger partial charge in [0.15, 0.2) is 0 Å². The number of rotatable bonds is 3. The highest BCUT2D eigenvalue weighted by molar-refractivity contribution is 7.13. The summed E-state index contributed by atoms with van der Waals surface area (Å²) < 4.78 is 5.33. The van der Waals surface area contributed by atoms with Gasteiger partial charge in [-0.3, -0.25) is 4.98 Å². The van der Waals surface area contributed by atoms with E-state index in [0.29, 0.717) is 21.0 Å². The van der Waals surface area contributed by atoms with E-state index < -0.39 is 0 Å². The number of aliphatic hydroxyl groups excluding tert-OH is 1. The first-order valence-corrected chi connectivity index (χ1v) is 5.19. The molecule has 2 rings (SSSR count). The third-order valence-corrected chi connectivity index (χ3v) is 2.46. The Bertz CT molecular complexity index is 463. The number of nitrogens with zero attached hydrogens (tertiary/aromatic N) is 3. The molecule has 0 bridgehead atoms. The van der Waals surface area contributed by atoms with Gasteiger partial charge in [0.05, 0.1) is 17.8 Å². The van der Waals surface area contributed by atoms with Gasteiger partial charge in [-0.05, 0) is 0 Å². The molecule has 2 heterocycles. The lowest BCUT2D eigenvalue weighted by Crippen LogP contribution is -1.84. The van der Waals surface area contributed by atoms with Gasteiger partial charge >= 0.3 is 0 Å².